The summed E-state index contributed by atoms with van der Waals surface area (Å²) < 4.78 is 5.91. The largest absolute Gasteiger partial charge is 0.457 e. The minimum atomic E-state index is -0.0145. The molecule has 26 heavy (non-hydrogen) atoms. The minimum absolute atomic E-state index is 0.0145. The zero-order valence-electron chi connectivity index (χ0n) is 14.7. The molecule has 2 aromatic carbocycles. The summed E-state index contributed by atoms with van der Waals surface area (Å²) in [4.78, 5) is 23.5. The van der Waals surface area contributed by atoms with Crippen LogP contribution in [-0.2, 0) is 16.1 Å². The van der Waals surface area contributed by atoms with Crippen LogP contribution in [0.3, 0.4) is 0 Å². The average Bonchev–Trinajstić information content (AvgIpc) is 2.66. The fourth-order valence-electron chi connectivity index (χ4n) is 3.05. The minimum Gasteiger partial charge on any atom is -0.457 e. The predicted octanol–water partition coefficient (Wildman–Crippen LogP) is 3.54. The van der Waals surface area contributed by atoms with Gasteiger partial charge in [0.05, 0.1) is 0 Å². The standard InChI is InChI=1S/C21H24N2O3/c24-20(14-13-17-8-6-12-21(25)23-17)22-15-16-7-4-5-11-19(16)26-18-9-2-1-3-10-18/h1-5,7,9-11,17H,6,8,12-15H2,(H,22,24)(H,23,25). The number of rotatable bonds is 7. The van der Waals surface area contributed by atoms with Crippen LogP contribution >= 0.6 is 0 Å². The van der Waals surface area contributed by atoms with E-state index in [0.29, 0.717) is 25.8 Å². The van der Waals surface area contributed by atoms with Crippen LogP contribution in [0.15, 0.2) is 54.6 Å². The van der Waals surface area contributed by atoms with E-state index in [4.69, 9.17) is 4.74 Å². The summed E-state index contributed by atoms with van der Waals surface area (Å²) in [5.41, 5.74) is 0.927. The highest BCUT2D eigenvalue weighted by Gasteiger charge is 2.18. The summed E-state index contributed by atoms with van der Waals surface area (Å²) in [5, 5.41) is 5.89. The molecule has 3 rings (SSSR count). The van der Waals surface area contributed by atoms with Crippen molar-refractivity contribution in [1.29, 1.82) is 0 Å². The lowest BCUT2D eigenvalue weighted by Gasteiger charge is -2.22. The molecule has 2 amide bonds. The van der Waals surface area contributed by atoms with E-state index in [1.807, 2.05) is 54.6 Å². The quantitative estimate of drug-likeness (QED) is 0.801. The first-order valence-electron chi connectivity index (χ1n) is 9.07. The van der Waals surface area contributed by atoms with Gasteiger partial charge in [-0.15, -0.1) is 0 Å². The first-order valence-corrected chi connectivity index (χ1v) is 9.07. The molecule has 1 saturated heterocycles. The van der Waals surface area contributed by atoms with E-state index in [9.17, 15) is 9.59 Å². The normalized spacial score (nSPS) is 16.6. The number of para-hydroxylation sites is 2. The molecule has 0 aromatic heterocycles. The third-order valence-electron chi connectivity index (χ3n) is 4.46. The van der Waals surface area contributed by atoms with Crippen LogP contribution in [0.25, 0.3) is 0 Å². The van der Waals surface area contributed by atoms with Gasteiger partial charge in [0.25, 0.3) is 0 Å². The van der Waals surface area contributed by atoms with Crippen molar-refractivity contribution in [2.75, 3.05) is 0 Å². The van der Waals surface area contributed by atoms with E-state index in [2.05, 4.69) is 10.6 Å². The highest BCUT2D eigenvalue weighted by molar-refractivity contribution is 5.78. The number of benzene rings is 2. The summed E-state index contributed by atoms with van der Waals surface area (Å²) in [6, 6.07) is 17.4. The fourth-order valence-corrected chi connectivity index (χ4v) is 3.05. The molecule has 5 heteroatoms. The molecule has 1 aliphatic rings. The van der Waals surface area contributed by atoms with E-state index >= 15 is 0 Å². The smallest absolute Gasteiger partial charge is 0.220 e. The van der Waals surface area contributed by atoms with Gasteiger partial charge < -0.3 is 15.4 Å². The van der Waals surface area contributed by atoms with Gasteiger partial charge in [-0.1, -0.05) is 36.4 Å². The molecule has 1 aliphatic heterocycles. The topological polar surface area (TPSA) is 67.4 Å². The van der Waals surface area contributed by atoms with Crippen LogP contribution in [0.2, 0.25) is 0 Å². The number of carbonyl (C=O) groups is 2. The molecule has 1 atom stereocenters. The Hall–Kier alpha value is -2.82. The molecule has 1 heterocycles. The Bertz CT molecular complexity index is 746. The van der Waals surface area contributed by atoms with Gasteiger partial charge in [-0.3, -0.25) is 9.59 Å². The Morgan fingerprint density at radius 1 is 1.12 bits per heavy atom. The second-order valence-electron chi connectivity index (χ2n) is 6.49. The molecule has 2 N–H and O–H groups in total. The Balaban J connectivity index is 1.49. The third-order valence-corrected chi connectivity index (χ3v) is 4.46. The van der Waals surface area contributed by atoms with E-state index in [1.165, 1.54) is 0 Å². The average molecular weight is 352 g/mol. The highest BCUT2D eigenvalue weighted by atomic mass is 16.5. The maximum absolute atomic E-state index is 12.1. The third kappa shape index (κ3) is 5.34. The van der Waals surface area contributed by atoms with Crippen LogP contribution in [0.1, 0.15) is 37.7 Å². The molecule has 2 aromatic rings. The van der Waals surface area contributed by atoms with E-state index in [1.54, 1.807) is 0 Å². The molecule has 5 nitrogen and oxygen atoms in total. The van der Waals surface area contributed by atoms with E-state index < -0.39 is 0 Å². The van der Waals surface area contributed by atoms with Gasteiger partial charge in [-0.2, -0.15) is 0 Å². The number of ether oxygens (including phenoxy) is 1. The Labute approximate surface area is 153 Å². The van der Waals surface area contributed by atoms with Crippen LogP contribution in [0, 0.1) is 0 Å². The molecular weight excluding hydrogens is 328 g/mol. The van der Waals surface area contributed by atoms with Crippen molar-refractivity contribution >= 4 is 11.8 Å². The summed E-state index contributed by atoms with van der Waals surface area (Å²) in [6.07, 6.45) is 3.54. The monoisotopic (exact) mass is 352 g/mol. The molecule has 1 unspecified atom stereocenters. The molecule has 0 aliphatic carbocycles. The lowest BCUT2D eigenvalue weighted by molar-refractivity contribution is -0.125. The molecule has 0 saturated carbocycles. The lowest BCUT2D eigenvalue weighted by atomic mass is 10.00. The maximum atomic E-state index is 12.1. The number of nitrogens with one attached hydrogen (secondary N) is 2. The van der Waals surface area contributed by atoms with Gasteiger partial charge in [-0.25, -0.2) is 0 Å². The second kappa shape index (κ2) is 9.04. The number of hydrogen-bond donors (Lipinski definition) is 2. The van der Waals surface area contributed by atoms with Crippen LogP contribution in [0.4, 0.5) is 0 Å². The first kappa shape index (κ1) is 18.0. The number of amides is 2. The molecule has 0 radical (unpaired) electrons. The first-order chi connectivity index (χ1) is 12.7. The molecule has 0 bridgehead atoms. The van der Waals surface area contributed by atoms with Gasteiger partial charge in [0.1, 0.15) is 11.5 Å². The Morgan fingerprint density at radius 3 is 2.69 bits per heavy atom. The van der Waals surface area contributed by atoms with Gasteiger partial charge in [0.2, 0.25) is 11.8 Å². The van der Waals surface area contributed by atoms with Crippen molar-refractivity contribution in [3.8, 4) is 11.5 Å². The van der Waals surface area contributed by atoms with Crippen LogP contribution in [0.5, 0.6) is 11.5 Å². The zero-order valence-corrected chi connectivity index (χ0v) is 14.7. The number of hydrogen-bond acceptors (Lipinski definition) is 3. The summed E-state index contributed by atoms with van der Waals surface area (Å²) in [7, 11) is 0. The van der Waals surface area contributed by atoms with Crippen molar-refractivity contribution in [1.82, 2.24) is 10.6 Å². The van der Waals surface area contributed by atoms with Gasteiger partial charge in [-0.05, 0) is 37.5 Å². The molecule has 1 fully saturated rings. The van der Waals surface area contributed by atoms with Gasteiger partial charge in [0.15, 0.2) is 0 Å². The predicted molar refractivity (Wildman–Crippen MR) is 99.8 cm³/mol. The van der Waals surface area contributed by atoms with Crippen LogP contribution in [-0.4, -0.2) is 17.9 Å². The SMILES string of the molecule is O=C(CCC1CCCC(=O)N1)NCc1ccccc1Oc1ccccc1. The van der Waals surface area contributed by atoms with E-state index in [-0.39, 0.29) is 17.9 Å². The lowest BCUT2D eigenvalue weighted by Crippen LogP contribution is -2.39. The number of piperidine rings is 1. The van der Waals surface area contributed by atoms with Gasteiger partial charge in [0, 0.05) is 31.0 Å². The fraction of sp³-hybridized carbons (Fsp3) is 0.333. The van der Waals surface area contributed by atoms with E-state index in [0.717, 1.165) is 29.9 Å². The summed E-state index contributed by atoms with van der Waals surface area (Å²) in [5.74, 6) is 1.57. The summed E-state index contributed by atoms with van der Waals surface area (Å²) >= 11 is 0. The van der Waals surface area contributed by atoms with Crippen molar-refractivity contribution < 1.29 is 14.3 Å². The van der Waals surface area contributed by atoms with Gasteiger partial charge >= 0.3 is 0 Å². The number of carbonyl (C=O) groups excluding carboxylic acids is 2. The second-order valence-corrected chi connectivity index (χ2v) is 6.49. The molecule has 136 valence electrons. The van der Waals surface area contributed by atoms with Crippen molar-refractivity contribution in [3.63, 3.8) is 0 Å². The zero-order chi connectivity index (χ0) is 18.2. The van der Waals surface area contributed by atoms with Crippen molar-refractivity contribution in [2.45, 2.75) is 44.7 Å². The highest BCUT2D eigenvalue weighted by Crippen LogP contribution is 2.24. The maximum Gasteiger partial charge on any atom is 0.220 e. The summed E-state index contributed by atoms with van der Waals surface area (Å²) in [6.45, 7) is 0.416. The van der Waals surface area contributed by atoms with Crippen molar-refractivity contribution in [3.05, 3.63) is 60.2 Å². The Kier molecular flexibility index (Phi) is 6.25. The Morgan fingerprint density at radius 2 is 1.88 bits per heavy atom. The van der Waals surface area contributed by atoms with Crippen molar-refractivity contribution in [2.24, 2.45) is 0 Å². The molecular formula is C21H24N2O3. The van der Waals surface area contributed by atoms with Crippen LogP contribution < -0.4 is 15.4 Å². The molecule has 0 spiro atoms.